The maximum absolute atomic E-state index is 13.6. The van der Waals surface area contributed by atoms with Gasteiger partial charge in [0.1, 0.15) is 6.10 Å². The van der Waals surface area contributed by atoms with E-state index in [9.17, 15) is 9.59 Å². The fraction of sp³-hybridized carbons (Fsp3) is 0.652. The summed E-state index contributed by atoms with van der Waals surface area (Å²) in [4.78, 5) is 31.0. The van der Waals surface area contributed by atoms with E-state index in [-0.39, 0.29) is 11.9 Å². The van der Waals surface area contributed by atoms with E-state index in [1.165, 1.54) is 12.7 Å². The van der Waals surface area contributed by atoms with Gasteiger partial charge < -0.3 is 24.0 Å². The fourth-order valence-corrected chi connectivity index (χ4v) is 8.46. The Bertz CT molecular complexity index is 982. The van der Waals surface area contributed by atoms with Crippen LogP contribution in [0.1, 0.15) is 38.2 Å². The second-order valence-corrected chi connectivity index (χ2v) is 9.45. The van der Waals surface area contributed by atoms with E-state index in [1.807, 2.05) is 24.1 Å². The van der Waals surface area contributed by atoms with E-state index >= 15 is 0 Å². The Balaban J connectivity index is 1.76. The molecule has 5 aliphatic heterocycles. The highest BCUT2D eigenvalue weighted by Crippen LogP contribution is 2.79. The minimum absolute atomic E-state index is 0.110. The third-order valence-corrected chi connectivity index (χ3v) is 9.08. The number of esters is 1. The Hall–Kier alpha value is -2.12. The Morgan fingerprint density at radius 1 is 1.27 bits per heavy atom. The molecule has 0 aromatic heterocycles. The molecule has 30 heavy (non-hydrogen) atoms. The SMILES string of the molecule is CC[C@@]12CCC(=O)N3CC[C@]45c6ccccc6N(C)[C@H]4[C@](C(=O)OC)(O[C@@]315)[C@H]2OC. The van der Waals surface area contributed by atoms with E-state index in [1.54, 1.807) is 7.11 Å². The van der Waals surface area contributed by atoms with Crippen molar-refractivity contribution in [3.63, 3.8) is 0 Å². The lowest BCUT2D eigenvalue weighted by molar-refractivity contribution is -0.213. The molecule has 1 amide bonds. The first-order chi connectivity index (χ1) is 14.4. The Morgan fingerprint density at radius 2 is 2.03 bits per heavy atom. The number of benzene rings is 1. The summed E-state index contributed by atoms with van der Waals surface area (Å²) < 4.78 is 18.6. The lowest BCUT2D eigenvalue weighted by Gasteiger charge is -2.60. The number of nitrogens with zero attached hydrogens (tertiary/aromatic N) is 2. The van der Waals surface area contributed by atoms with E-state index < -0.39 is 34.2 Å². The molecular weight excluding hydrogens is 384 g/mol. The van der Waals surface area contributed by atoms with E-state index in [0.29, 0.717) is 19.4 Å². The van der Waals surface area contributed by atoms with Crippen LogP contribution in [0.4, 0.5) is 5.69 Å². The van der Waals surface area contributed by atoms with Gasteiger partial charge in [0.15, 0.2) is 5.72 Å². The molecule has 6 atom stereocenters. The number of methoxy groups -OCH3 is 2. The van der Waals surface area contributed by atoms with Gasteiger partial charge >= 0.3 is 5.97 Å². The molecular formula is C23H28N2O5. The number of fused-ring (bicyclic) bond motifs is 3. The molecule has 4 fully saturated rings. The number of rotatable bonds is 3. The Labute approximate surface area is 176 Å². The maximum Gasteiger partial charge on any atom is 0.343 e. The van der Waals surface area contributed by atoms with Crippen molar-refractivity contribution in [3.05, 3.63) is 29.8 Å². The van der Waals surface area contributed by atoms with E-state index in [2.05, 4.69) is 24.0 Å². The molecule has 5 aliphatic rings. The molecule has 1 aromatic rings. The quantitative estimate of drug-likeness (QED) is 0.706. The van der Waals surface area contributed by atoms with Crippen molar-refractivity contribution in [2.75, 3.05) is 32.7 Å². The van der Waals surface area contributed by atoms with Crippen molar-refractivity contribution in [2.24, 2.45) is 5.41 Å². The van der Waals surface area contributed by atoms with Crippen LogP contribution in [0, 0.1) is 5.41 Å². The molecule has 2 spiro atoms. The topological polar surface area (TPSA) is 68.3 Å². The molecule has 1 aromatic carbocycles. The first-order valence-corrected chi connectivity index (χ1v) is 10.9. The Morgan fingerprint density at radius 3 is 2.73 bits per heavy atom. The van der Waals surface area contributed by atoms with Crippen molar-refractivity contribution < 1.29 is 23.8 Å². The lowest BCUT2D eigenvalue weighted by atomic mass is 9.48. The monoisotopic (exact) mass is 412 g/mol. The van der Waals surface area contributed by atoms with Gasteiger partial charge in [-0.1, -0.05) is 25.1 Å². The zero-order chi connectivity index (χ0) is 21.1. The largest absolute Gasteiger partial charge is 0.467 e. The zero-order valence-corrected chi connectivity index (χ0v) is 17.9. The second kappa shape index (κ2) is 5.37. The minimum Gasteiger partial charge on any atom is -0.467 e. The van der Waals surface area contributed by atoms with Gasteiger partial charge in [-0.15, -0.1) is 0 Å². The minimum atomic E-state index is -1.30. The number of hydrogen-bond donors (Lipinski definition) is 0. The number of ether oxygens (including phenoxy) is 3. The van der Waals surface area contributed by atoms with Gasteiger partial charge in [0.2, 0.25) is 11.5 Å². The van der Waals surface area contributed by atoms with Crippen LogP contribution in [0.15, 0.2) is 24.3 Å². The second-order valence-electron chi connectivity index (χ2n) is 9.45. The van der Waals surface area contributed by atoms with Gasteiger partial charge in [-0.3, -0.25) is 4.79 Å². The molecule has 0 saturated carbocycles. The third kappa shape index (κ3) is 1.43. The van der Waals surface area contributed by atoms with Crippen LogP contribution in [0.2, 0.25) is 0 Å². The molecule has 7 heteroatoms. The fourth-order valence-electron chi connectivity index (χ4n) is 8.46. The molecule has 4 saturated heterocycles. The molecule has 5 heterocycles. The smallest absolute Gasteiger partial charge is 0.343 e. The number of carbonyl (C=O) groups is 2. The van der Waals surface area contributed by atoms with E-state index in [4.69, 9.17) is 14.2 Å². The van der Waals surface area contributed by atoms with Gasteiger partial charge in [-0.2, -0.15) is 0 Å². The van der Waals surface area contributed by atoms with Crippen molar-refractivity contribution in [3.8, 4) is 0 Å². The molecule has 0 aliphatic carbocycles. The molecule has 2 bridgehead atoms. The first kappa shape index (κ1) is 18.6. The van der Waals surface area contributed by atoms with Crippen LogP contribution in [0.3, 0.4) is 0 Å². The average Bonchev–Trinajstić information content (AvgIpc) is 3.41. The predicted molar refractivity (Wildman–Crippen MR) is 108 cm³/mol. The summed E-state index contributed by atoms with van der Waals surface area (Å²) in [6.07, 6.45) is 2.13. The standard InChI is InChI=1S/C23H28N2O5/c1-5-20-11-10-16(26)25-13-12-21-14-8-6-7-9-15(14)24(2)17(21)22(18(20)28-3,19(27)29-4)30-23(20,21)25/h6-9,17-18H,5,10-13H2,1-4H3/t17-,18+,20+,21+,22+,23+/m1/s1. The zero-order valence-electron chi connectivity index (χ0n) is 17.9. The first-order valence-electron chi connectivity index (χ1n) is 10.9. The van der Waals surface area contributed by atoms with Crippen LogP contribution in [0.5, 0.6) is 0 Å². The van der Waals surface area contributed by atoms with E-state index in [0.717, 1.165) is 18.5 Å². The van der Waals surface area contributed by atoms with Crippen molar-refractivity contribution in [1.29, 1.82) is 0 Å². The number of para-hydroxylation sites is 1. The number of carbonyl (C=O) groups excluding carboxylic acids is 2. The highest BCUT2D eigenvalue weighted by Gasteiger charge is 2.95. The van der Waals surface area contributed by atoms with Gasteiger partial charge in [-0.05, 0) is 30.9 Å². The number of amides is 1. The highest BCUT2D eigenvalue weighted by molar-refractivity contribution is 5.91. The summed E-state index contributed by atoms with van der Waals surface area (Å²) in [6.45, 7) is 2.77. The lowest BCUT2D eigenvalue weighted by Crippen LogP contribution is -2.76. The van der Waals surface area contributed by atoms with Crippen LogP contribution < -0.4 is 4.90 Å². The molecule has 0 unspecified atom stereocenters. The molecule has 0 radical (unpaired) electrons. The number of hydrogen-bond acceptors (Lipinski definition) is 6. The van der Waals surface area contributed by atoms with Gasteiger partial charge in [0, 0.05) is 38.2 Å². The summed E-state index contributed by atoms with van der Waals surface area (Å²) in [6, 6.07) is 8.03. The van der Waals surface area contributed by atoms with Crippen LogP contribution in [0.25, 0.3) is 0 Å². The van der Waals surface area contributed by atoms with Crippen molar-refractivity contribution >= 4 is 17.6 Å². The summed E-state index contributed by atoms with van der Waals surface area (Å²) in [5.41, 5.74) is -0.906. The molecule has 0 N–H and O–H groups in total. The normalized spacial score (nSPS) is 44.9. The number of piperidine rings is 1. The number of likely N-dealkylation sites (N-methyl/N-ethyl adjacent to an activating group) is 1. The molecule has 7 nitrogen and oxygen atoms in total. The number of anilines is 1. The van der Waals surface area contributed by atoms with Crippen LogP contribution in [-0.4, -0.2) is 68.1 Å². The summed E-state index contributed by atoms with van der Waals surface area (Å²) in [5, 5.41) is 0. The summed E-state index contributed by atoms with van der Waals surface area (Å²) >= 11 is 0. The van der Waals surface area contributed by atoms with Crippen LogP contribution in [-0.2, 0) is 29.2 Å². The summed E-state index contributed by atoms with van der Waals surface area (Å²) in [5.74, 6) is -0.295. The Kier molecular flexibility index (Phi) is 3.34. The summed E-state index contributed by atoms with van der Waals surface area (Å²) in [7, 11) is 5.10. The third-order valence-electron chi connectivity index (χ3n) is 9.08. The van der Waals surface area contributed by atoms with Gasteiger partial charge in [0.05, 0.1) is 18.6 Å². The maximum atomic E-state index is 13.6. The van der Waals surface area contributed by atoms with Gasteiger partial charge in [0.25, 0.3) is 0 Å². The molecule has 6 rings (SSSR count). The van der Waals surface area contributed by atoms with Crippen molar-refractivity contribution in [2.45, 2.75) is 61.5 Å². The van der Waals surface area contributed by atoms with Crippen molar-refractivity contribution in [1.82, 2.24) is 4.90 Å². The van der Waals surface area contributed by atoms with Gasteiger partial charge in [-0.25, -0.2) is 4.79 Å². The van der Waals surface area contributed by atoms with Crippen LogP contribution >= 0.6 is 0 Å². The predicted octanol–water partition coefficient (Wildman–Crippen LogP) is 1.83. The highest BCUT2D eigenvalue weighted by atomic mass is 16.6. The molecule has 160 valence electrons. The average molecular weight is 412 g/mol.